The van der Waals surface area contributed by atoms with E-state index in [1.165, 1.54) is 126 Å². The second-order valence-electron chi connectivity index (χ2n) is 29.1. The number of nitrogens with two attached hydrogens (primary N) is 1. The van der Waals surface area contributed by atoms with Gasteiger partial charge in [0, 0.05) is 57.9 Å². The quantitative estimate of drug-likeness (QED) is 0.129. The Kier molecular flexibility index (Phi) is 14.4. The van der Waals surface area contributed by atoms with Crippen LogP contribution >= 0.6 is 38.6 Å². The largest absolute Gasteiger partial charge is 0.398 e. The molecule has 2 nitrogen and oxygen atoms in total. The van der Waals surface area contributed by atoms with Gasteiger partial charge < -0.3 is 11.1 Å². The van der Waals surface area contributed by atoms with E-state index in [0.29, 0.717) is 21.7 Å². The Morgan fingerprint density at radius 2 is 0.831 bits per heavy atom. The van der Waals surface area contributed by atoms with Crippen molar-refractivity contribution in [1.82, 2.24) is 0 Å². The lowest BCUT2D eigenvalue weighted by atomic mass is 9.52. The number of hydrogen-bond acceptors (Lipinski definition) is 4. The highest BCUT2D eigenvalue weighted by Gasteiger charge is 2.49. The van der Waals surface area contributed by atoms with Crippen molar-refractivity contribution < 1.29 is 0 Å². The van der Waals surface area contributed by atoms with Crippen LogP contribution in [-0.2, 0) is 32.5 Å². The molecule has 77 heavy (non-hydrogen) atoms. The molecule has 0 saturated heterocycles. The van der Waals surface area contributed by atoms with Crippen LogP contribution in [0.1, 0.15) is 154 Å². The van der Waals surface area contributed by atoms with Gasteiger partial charge in [0.25, 0.3) is 0 Å². The lowest BCUT2D eigenvalue weighted by Gasteiger charge is -2.52. The number of thiophene rings is 2. The molecule has 404 valence electrons. The van der Waals surface area contributed by atoms with E-state index in [2.05, 4.69) is 250 Å². The van der Waals surface area contributed by atoms with Gasteiger partial charge in [0.05, 0.1) is 21.8 Å². The molecule has 0 amide bonds. The minimum Gasteiger partial charge on any atom is -0.398 e. The van der Waals surface area contributed by atoms with Crippen LogP contribution in [0, 0.1) is 0 Å². The molecule has 4 bridgehead atoms. The maximum Gasteiger partial charge on any atom is 0.0776 e. The summed E-state index contributed by atoms with van der Waals surface area (Å²) in [6.45, 7) is 37.9. The van der Waals surface area contributed by atoms with E-state index in [1.807, 2.05) is 22.7 Å². The Bertz CT molecular complexity index is 3500. The van der Waals surface area contributed by atoms with Crippen LogP contribution in [0.25, 0.3) is 42.4 Å². The van der Waals surface area contributed by atoms with Gasteiger partial charge in [0.1, 0.15) is 0 Å². The molecule has 8 aromatic rings. The third kappa shape index (κ3) is 10.8. The predicted molar refractivity (Wildman–Crippen MR) is 353 cm³/mol. The second kappa shape index (κ2) is 19.8. The number of anilines is 3. The SMILES string of the molecule is CC(C)(C)c1ccc(-c2cc([Si](C)(C)C)ccc2N)cc1.CC(C)(C)c1ccc(-c2cc([Si](C)(C)C)ccc2Nc2csc3cc4c(cc23)C2(C)CCC4(C)CC2)cc1.CC12CCC(C)(CC1)c1cc3c(Br)csc3cc12. The van der Waals surface area contributed by atoms with Crippen LogP contribution < -0.4 is 21.4 Å². The summed E-state index contributed by atoms with van der Waals surface area (Å²) in [5.41, 5.74) is 25.6. The van der Waals surface area contributed by atoms with E-state index in [1.54, 1.807) is 22.3 Å². The first kappa shape index (κ1) is 56.0. The number of nitrogen functional groups attached to an aromatic ring is 1. The van der Waals surface area contributed by atoms with E-state index in [4.69, 9.17) is 5.73 Å². The summed E-state index contributed by atoms with van der Waals surface area (Å²) in [6, 6.07) is 41.8. The third-order valence-corrected chi connectivity index (χ3v) is 26.0. The van der Waals surface area contributed by atoms with Crippen LogP contribution in [0.4, 0.5) is 17.1 Å². The number of fused-ring (bicyclic) bond motifs is 6. The van der Waals surface area contributed by atoms with Crippen molar-refractivity contribution in [3.63, 3.8) is 0 Å². The predicted octanol–water partition coefficient (Wildman–Crippen LogP) is 20.8. The molecule has 6 aliphatic rings. The summed E-state index contributed by atoms with van der Waals surface area (Å²) in [5.74, 6) is 0. The highest BCUT2D eigenvalue weighted by Crippen LogP contribution is 2.59. The van der Waals surface area contributed by atoms with Gasteiger partial charge in [-0.2, -0.15) is 0 Å². The fourth-order valence-electron chi connectivity index (χ4n) is 13.1. The summed E-state index contributed by atoms with van der Waals surface area (Å²) in [6.07, 6.45) is 10.8. The number of benzene rings is 6. The number of hydrogen-bond donors (Lipinski definition) is 2. The molecule has 3 N–H and O–H groups in total. The van der Waals surface area contributed by atoms with E-state index >= 15 is 0 Å². The van der Waals surface area contributed by atoms with E-state index < -0.39 is 16.1 Å². The molecular formula is C70H87BrN2S2Si2. The second-order valence-corrected chi connectivity index (χ2v) is 41.9. The fourth-order valence-corrected chi connectivity index (χ4v) is 17.9. The summed E-state index contributed by atoms with van der Waals surface area (Å²) in [4.78, 5) is 0. The molecule has 0 radical (unpaired) electrons. The molecular weight excluding hydrogens is 1070 g/mol. The standard InChI is InChI=1S/C35H43NSSi.C19H27NSi.C16H17BrS/c1-33(2,3)24-11-9-23(10-12-24)26-19-25(38(6,7)8)13-14-30(26)36-31-22-37-32-21-29-28(20-27(31)32)34(4)15-17-35(29,5)18-16-34;1-19(2,3)15-9-7-14(8-10-15)17-13-16(21(4,5)6)11-12-18(17)20;1-15-3-5-16(2,6-4-15)12-8-14-10(7-11(12)15)13(17)9-18-14/h9-14,19-22,36H,15-18H2,1-8H3;7-13H,20H2,1-6H3;7-9H,3-6H2,1-2H3. The highest BCUT2D eigenvalue weighted by atomic mass is 79.9. The molecule has 2 aromatic heterocycles. The Hall–Kier alpha value is -4.25. The molecule has 6 aromatic carbocycles. The van der Waals surface area contributed by atoms with E-state index in [9.17, 15) is 0 Å². The van der Waals surface area contributed by atoms with Crippen molar-refractivity contribution in [2.24, 2.45) is 0 Å². The minimum absolute atomic E-state index is 0.154. The summed E-state index contributed by atoms with van der Waals surface area (Å²) >= 11 is 7.44. The topological polar surface area (TPSA) is 38.0 Å². The first-order valence-corrected chi connectivity index (χ1v) is 38.2. The number of rotatable bonds is 6. The van der Waals surface area contributed by atoms with Crippen LogP contribution in [0.15, 0.2) is 124 Å². The first-order chi connectivity index (χ1) is 35.9. The lowest BCUT2D eigenvalue weighted by molar-refractivity contribution is 0.188. The average Bonchev–Trinajstić information content (AvgIpc) is 4.06. The molecule has 0 aliphatic heterocycles. The molecule has 2 saturated carbocycles. The monoisotopic (exact) mass is 1150 g/mol. The Labute approximate surface area is 482 Å². The van der Waals surface area contributed by atoms with Crippen molar-refractivity contribution >= 4 is 102 Å². The van der Waals surface area contributed by atoms with E-state index in [-0.39, 0.29) is 10.8 Å². The van der Waals surface area contributed by atoms with Gasteiger partial charge in [-0.3, -0.25) is 0 Å². The molecule has 7 heteroatoms. The molecule has 2 heterocycles. The maximum absolute atomic E-state index is 6.20. The van der Waals surface area contributed by atoms with Crippen LogP contribution in [0.2, 0.25) is 39.3 Å². The molecule has 14 rings (SSSR count). The summed E-state index contributed by atoms with van der Waals surface area (Å²) in [5, 5.41) is 14.2. The third-order valence-electron chi connectivity index (χ3n) is 19.1. The van der Waals surface area contributed by atoms with Gasteiger partial charge >= 0.3 is 0 Å². The normalized spacial score (nSPS) is 22.7. The van der Waals surface area contributed by atoms with Crippen molar-refractivity contribution in [3.8, 4) is 22.3 Å². The zero-order valence-corrected chi connectivity index (χ0v) is 54.7. The van der Waals surface area contributed by atoms with Crippen LogP contribution in [0.3, 0.4) is 0 Å². The lowest BCUT2D eigenvalue weighted by Crippen LogP contribution is -2.44. The van der Waals surface area contributed by atoms with Gasteiger partial charge in [-0.05, 0) is 181 Å². The number of nitrogens with one attached hydrogen (secondary N) is 1. The molecule has 6 aliphatic carbocycles. The van der Waals surface area contributed by atoms with Gasteiger partial charge in [-0.25, -0.2) is 0 Å². The fraction of sp³-hybridized carbons (Fsp3) is 0.429. The van der Waals surface area contributed by atoms with Gasteiger partial charge in [-0.15, -0.1) is 22.7 Å². The average molecular weight is 1160 g/mol. The zero-order chi connectivity index (χ0) is 55.5. The minimum atomic E-state index is -1.45. The smallest absolute Gasteiger partial charge is 0.0776 e. The van der Waals surface area contributed by atoms with Crippen molar-refractivity contribution in [3.05, 3.63) is 158 Å². The molecule has 2 fully saturated rings. The highest BCUT2D eigenvalue weighted by molar-refractivity contribution is 9.10. The van der Waals surface area contributed by atoms with Crippen molar-refractivity contribution in [1.29, 1.82) is 0 Å². The van der Waals surface area contributed by atoms with Crippen molar-refractivity contribution in [2.75, 3.05) is 11.1 Å². The van der Waals surface area contributed by atoms with Crippen molar-refractivity contribution in [2.45, 2.75) is 192 Å². The first-order valence-electron chi connectivity index (χ1n) is 28.7. The van der Waals surface area contributed by atoms with Crippen LogP contribution in [0.5, 0.6) is 0 Å². The summed E-state index contributed by atoms with van der Waals surface area (Å²) in [7, 11) is -2.77. The van der Waals surface area contributed by atoms with Gasteiger partial charge in [0.2, 0.25) is 0 Å². The Morgan fingerprint density at radius 1 is 0.455 bits per heavy atom. The Morgan fingerprint density at radius 3 is 1.27 bits per heavy atom. The van der Waals surface area contributed by atoms with E-state index in [0.717, 1.165) is 11.3 Å². The zero-order valence-electron chi connectivity index (χ0n) is 49.5. The summed E-state index contributed by atoms with van der Waals surface area (Å²) < 4.78 is 4.12. The number of halogens is 1. The van der Waals surface area contributed by atoms with Crippen LogP contribution in [-0.4, -0.2) is 16.1 Å². The Balaban J connectivity index is 0.000000145. The molecule has 0 atom stereocenters. The molecule has 0 spiro atoms. The molecule has 0 unspecified atom stereocenters. The maximum atomic E-state index is 6.20. The van der Waals surface area contributed by atoms with Gasteiger partial charge in [-0.1, -0.05) is 192 Å². The van der Waals surface area contributed by atoms with Gasteiger partial charge in [0.15, 0.2) is 0 Å².